The highest BCUT2D eigenvalue weighted by Crippen LogP contribution is 2.35. The molecule has 2 rings (SSSR count). The molecule has 0 amide bonds. The molecule has 1 aromatic carbocycles. The fourth-order valence-corrected chi connectivity index (χ4v) is 2.49. The van der Waals surface area contributed by atoms with Gasteiger partial charge in [-0.25, -0.2) is 0 Å². The Morgan fingerprint density at radius 1 is 1.22 bits per heavy atom. The number of phenolic OH excluding ortho intramolecular Hbond substituents is 1. The highest BCUT2D eigenvalue weighted by Gasteiger charge is 2.54. The van der Waals surface area contributed by atoms with Crippen molar-refractivity contribution < 1.29 is 32.8 Å². The van der Waals surface area contributed by atoms with E-state index < -0.39 is 44.4 Å². The van der Waals surface area contributed by atoms with Crippen LogP contribution in [0.5, 0.6) is 5.75 Å². The first kappa shape index (κ1) is 12.7. The highest BCUT2D eigenvalue weighted by atomic mass is 32.2. The van der Waals surface area contributed by atoms with Crippen molar-refractivity contribution in [1.29, 1.82) is 0 Å². The average Bonchev–Trinajstić information content (AvgIpc) is 2.24. The van der Waals surface area contributed by atoms with Gasteiger partial charge in [0.2, 0.25) is 5.78 Å². The third-order valence-corrected chi connectivity index (χ3v) is 3.93. The van der Waals surface area contributed by atoms with Crippen molar-refractivity contribution in [1.82, 2.24) is 0 Å². The van der Waals surface area contributed by atoms with Gasteiger partial charge in [-0.2, -0.15) is 8.42 Å². The van der Waals surface area contributed by atoms with Gasteiger partial charge in [-0.15, -0.1) is 0 Å². The SMILES string of the molecule is O=C1CC(O)(S(=O)(=O)O)C(=O)c2cccc(O)c21. The lowest BCUT2D eigenvalue weighted by atomic mass is 9.86. The van der Waals surface area contributed by atoms with Crippen molar-refractivity contribution in [2.45, 2.75) is 11.4 Å². The number of aromatic hydroxyl groups is 1. The van der Waals surface area contributed by atoms with Gasteiger partial charge in [0, 0.05) is 5.56 Å². The maximum absolute atomic E-state index is 11.8. The number of Topliss-reactive ketones (excluding diaryl/α,β-unsaturated/α-hetero) is 2. The number of hydrogen-bond donors (Lipinski definition) is 3. The zero-order chi connectivity index (χ0) is 13.7. The van der Waals surface area contributed by atoms with Crippen LogP contribution in [0, 0.1) is 0 Å². The van der Waals surface area contributed by atoms with E-state index >= 15 is 0 Å². The van der Waals surface area contributed by atoms with Gasteiger partial charge in [0.1, 0.15) is 5.75 Å². The monoisotopic (exact) mass is 272 g/mol. The van der Waals surface area contributed by atoms with Gasteiger partial charge in [-0.1, -0.05) is 12.1 Å². The van der Waals surface area contributed by atoms with Crippen molar-refractivity contribution >= 4 is 21.7 Å². The van der Waals surface area contributed by atoms with Gasteiger partial charge in [-0.05, 0) is 6.07 Å². The molecule has 0 radical (unpaired) electrons. The molecule has 96 valence electrons. The Labute approximate surface area is 101 Å². The van der Waals surface area contributed by atoms with Crippen LogP contribution in [0.1, 0.15) is 27.1 Å². The van der Waals surface area contributed by atoms with Crippen LogP contribution in [0.2, 0.25) is 0 Å². The van der Waals surface area contributed by atoms with Crippen LogP contribution in [0.15, 0.2) is 18.2 Å². The number of carbonyl (C=O) groups excluding carboxylic acids is 2. The molecule has 0 heterocycles. The summed E-state index contributed by atoms with van der Waals surface area (Å²) in [5, 5.41) is 19.1. The van der Waals surface area contributed by atoms with Gasteiger partial charge >= 0.3 is 10.1 Å². The molecule has 0 fully saturated rings. The molecular formula is C10H8O7S. The maximum Gasteiger partial charge on any atom is 0.303 e. The number of aliphatic hydroxyl groups is 1. The van der Waals surface area contributed by atoms with Crippen molar-refractivity contribution in [3.63, 3.8) is 0 Å². The predicted molar refractivity (Wildman–Crippen MR) is 57.9 cm³/mol. The van der Waals surface area contributed by atoms with E-state index in [4.69, 9.17) is 4.55 Å². The fraction of sp³-hybridized carbons (Fsp3) is 0.200. The van der Waals surface area contributed by atoms with Crippen molar-refractivity contribution in [2.24, 2.45) is 0 Å². The third kappa shape index (κ3) is 1.54. The summed E-state index contributed by atoms with van der Waals surface area (Å²) in [6.07, 6.45) is -1.13. The van der Waals surface area contributed by atoms with Gasteiger partial charge < -0.3 is 10.2 Å². The summed E-state index contributed by atoms with van der Waals surface area (Å²) < 4.78 is 30.9. The van der Waals surface area contributed by atoms with E-state index in [1.54, 1.807) is 0 Å². The minimum atomic E-state index is -5.16. The van der Waals surface area contributed by atoms with Gasteiger partial charge in [-0.3, -0.25) is 14.1 Å². The summed E-state index contributed by atoms with van der Waals surface area (Å²) in [5.74, 6) is -2.76. The molecule has 8 heteroatoms. The van der Waals surface area contributed by atoms with Crippen LogP contribution >= 0.6 is 0 Å². The Morgan fingerprint density at radius 2 is 1.83 bits per heavy atom. The second-order valence-corrected chi connectivity index (χ2v) is 5.51. The molecule has 18 heavy (non-hydrogen) atoms. The van der Waals surface area contributed by atoms with Crippen LogP contribution in [0.3, 0.4) is 0 Å². The molecule has 0 bridgehead atoms. The average molecular weight is 272 g/mol. The van der Waals surface area contributed by atoms with E-state index in [0.717, 1.165) is 12.1 Å². The van der Waals surface area contributed by atoms with Crippen LogP contribution in [-0.4, -0.2) is 39.7 Å². The lowest BCUT2D eigenvalue weighted by molar-refractivity contribution is 0.0514. The Morgan fingerprint density at radius 3 is 2.39 bits per heavy atom. The van der Waals surface area contributed by atoms with E-state index in [2.05, 4.69) is 0 Å². The number of hydrogen-bond acceptors (Lipinski definition) is 6. The Bertz CT molecular complexity index is 661. The number of benzene rings is 1. The lowest BCUT2D eigenvalue weighted by Gasteiger charge is -2.28. The first-order valence-electron chi connectivity index (χ1n) is 4.78. The van der Waals surface area contributed by atoms with Crippen LogP contribution in [-0.2, 0) is 10.1 Å². The summed E-state index contributed by atoms with van der Waals surface area (Å²) in [5.41, 5.74) is -0.790. The molecule has 0 aliphatic heterocycles. The molecule has 1 unspecified atom stereocenters. The minimum absolute atomic E-state index is 0.351. The number of rotatable bonds is 1. The Balaban J connectivity index is 2.75. The molecule has 3 N–H and O–H groups in total. The van der Waals surface area contributed by atoms with E-state index in [1.807, 2.05) is 0 Å². The lowest BCUT2D eigenvalue weighted by Crippen LogP contribution is -2.51. The molecule has 1 atom stereocenters. The summed E-state index contributed by atoms with van der Waals surface area (Å²) in [4.78, 5) is 20.3. The number of fused-ring (bicyclic) bond motifs is 1. The molecule has 0 saturated heterocycles. The number of phenols is 1. The topological polar surface area (TPSA) is 129 Å². The second-order valence-electron chi connectivity index (χ2n) is 3.89. The fourth-order valence-electron chi connectivity index (χ4n) is 1.83. The van der Waals surface area contributed by atoms with E-state index in [1.165, 1.54) is 6.07 Å². The molecule has 1 aromatic rings. The standard InChI is InChI=1S/C10H8O7S/c11-6-3-1-2-5-8(6)7(12)4-10(14,9(5)13)18(15,16)17/h1-3,11,14H,4H2,(H,15,16,17). The molecule has 1 aliphatic carbocycles. The maximum atomic E-state index is 11.8. The minimum Gasteiger partial charge on any atom is -0.507 e. The van der Waals surface area contributed by atoms with E-state index in [0.29, 0.717) is 0 Å². The number of carbonyl (C=O) groups is 2. The summed E-state index contributed by atoms with van der Waals surface area (Å²) in [6, 6.07) is 3.46. The molecule has 0 aromatic heterocycles. The molecule has 0 saturated carbocycles. The quantitative estimate of drug-likeness (QED) is 0.600. The van der Waals surface area contributed by atoms with Gasteiger partial charge in [0.15, 0.2) is 5.78 Å². The Kier molecular flexibility index (Phi) is 2.54. The Hall–Kier alpha value is -1.77. The van der Waals surface area contributed by atoms with Crippen molar-refractivity contribution in [2.75, 3.05) is 0 Å². The summed E-state index contributed by atoms with van der Waals surface area (Å²) in [6.45, 7) is 0. The van der Waals surface area contributed by atoms with Crippen molar-refractivity contribution in [3.8, 4) is 5.75 Å². The summed E-state index contributed by atoms with van der Waals surface area (Å²) in [7, 11) is -5.16. The third-order valence-electron chi connectivity index (χ3n) is 2.75. The molecular weight excluding hydrogens is 264 g/mol. The zero-order valence-corrected chi connectivity index (χ0v) is 9.64. The van der Waals surface area contributed by atoms with Gasteiger partial charge in [0.25, 0.3) is 4.93 Å². The normalized spacial score (nSPS) is 23.9. The molecule has 7 nitrogen and oxygen atoms in total. The highest BCUT2D eigenvalue weighted by molar-refractivity contribution is 7.88. The van der Waals surface area contributed by atoms with Crippen LogP contribution in [0.4, 0.5) is 0 Å². The first-order valence-corrected chi connectivity index (χ1v) is 6.22. The zero-order valence-electron chi connectivity index (χ0n) is 8.82. The molecule has 1 aliphatic rings. The van der Waals surface area contributed by atoms with Crippen molar-refractivity contribution in [3.05, 3.63) is 29.3 Å². The first-order chi connectivity index (χ1) is 8.18. The smallest absolute Gasteiger partial charge is 0.303 e. The predicted octanol–water partition coefficient (Wildman–Crippen LogP) is -0.262. The molecule has 0 spiro atoms. The van der Waals surface area contributed by atoms with Crippen LogP contribution < -0.4 is 0 Å². The number of ketones is 2. The van der Waals surface area contributed by atoms with E-state index in [-0.39, 0.29) is 5.56 Å². The van der Waals surface area contributed by atoms with Gasteiger partial charge in [0.05, 0.1) is 12.0 Å². The summed E-state index contributed by atoms with van der Waals surface area (Å²) >= 11 is 0. The van der Waals surface area contributed by atoms with E-state index in [9.17, 15) is 28.2 Å². The van der Waals surface area contributed by atoms with Crippen LogP contribution in [0.25, 0.3) is 0 Å². The largest absolute Gasteiger partial charge is 0.507 e. The second kappa shape index (κ2) is 3.61.